The van der Waals surface area contributed by atoms with Gasteiger partial charge in [-0.1, -0.05) is 20.8 Å². The highest BCUT2D eigenvalue weighted by Gasteiger charge is 2.80. The number of fused-ring (bicyclic) bond motifs is 5. The maximum Gasteiger partial charge on any atom is 0.331 e. The minimum Gasteiger partial charge on any atom is -0.458 e. The summed E-state index contributed by atoms with van der Waals surface area (Å²) in [6.07, 6.45) is -0.0375. The van der Waals surface area contributed by atoms with Crippen LogP contribution in [-0.2, 0) is 33.3 Å². The van der Waals surface area contributed by atoms with Gasteiger partial charge >= 0.3 is 5.97 Å². The largest absolute Gasteiger partial charge is 0.458 e. The van der Waals surface area contributed by atoms with E-state index in [1.54, 1.807) is 13.2 Å². The van der Waals surface area contributed by atoms with Gasteiger partial charge in [-0.25, -0.2) is 4.79 Å². The maximum atomic E-state index is 13.6. The lowest BCUT2D eigenvalue weighted by Crippen LogP contribution is -2.77. The summed E-state index contributed by atoms with van der Waals surface area (Å²) in [5.74, 6) is -0.977. The molecule has 13 heteroatoms. The highest BCUT2D eigenvalue weighted by atomic mass is 16.7. The van der Waals surface area contributed by atoms with E-state index in [9.17, 15) is 40.2 Å². The van der Waals surface area contributed by atoms with Crippen molar-refractivity contribution in [3.05, 3.63) is 11.6 Å². The highest BCUT2D eigenvalue weighted by molar-refractivity contribution is 5.85. The van der Waals surface area contributed by atoms with Crippen molar-refractivity contribution in [1.82, 2.24) is 0 Å². The second-order valence-corrected chi connectivity index (χ2v) is 18.1. The van der Waals surface area contributed by atoms with Crippen molar-refractivity contribution in [3.63, 3.8) is 0 Å². The molecule has 13 nitrogen and oxygen atoms in total. The van der Waals surface area contributed by atoms with Gasteiger partial charge in [0, 0.05) is 49.4 Å². The van der Waals surface area contributed by atoms with Crippen molar-refractivity contribution in [3.8, 4) is 0 Å². The standard InChI is InChI=1S/C39H60O13/c1-21-33(52-26-14-22(18-40)30(43)32(45)31(26)44)27(48-5)16-29(50-21)51-24-6-8-37(20-41)35(3)11-10-34(2)25(23-15-28(42)49-19-23)7-9-39(34,47)36(35,4)12-13-38(37,46)17-24/h15,20-22,24-27,29-33,40,43-47H,6-14,16-19H2,1-5H3/t21-,22+,24+,25-,26+,27-,29?,30+,31-,32-,33?,34-,35+,36-,37+,38+,39+/m1/s1. The third-order valence-corrected chi connectivity index (χ3v) is 16.3. The Bertz CT molecular complexity index is 1420. The third kappa shape index (κ3) is 5.24. The topological polar surface area (TPSA) is 202 Å². The summed E-state index contributed by atoms with van der Waals surface area (Å²) < 4.78 is 30.2. The fourth-order valence-corrected chi connectivity index (χ4v) is 13.0. The number of rotatable bonds is 8. The van der Waals surface area contributed by atoms with Gasteiger partial charge in [0.15, 0.2) is 6.29 Å². The van der Waals surface area contributed by atoms with Gasteiger partial charge in [0.1, 0.15) is 31.2 Å². The van der Waals surface area contributed by atoms with E-state index in [2.05, 4.69) is 20.8 Å². The van der Waals surface area contributed by atoms with Crippen molar-refractivity contribution in [2.75, 3.05) is 20.3 Å². The Hall–Kier alpha value is -1.52. The molecule has 294 valence electrons. The predicted molar refractivity (Wildman–Crippen MR) is 183 cm³/mol. The Kier molecular flexibility index (Phi) is 9.92. The molecule has 0 amide bonds. The Morgan fingerprint density at radius 2 is 1.63 bits per heavy atom. The van der Waals surface area contributed by atoms with Crippen LogP contribution in [0.15, 0.2) is 11.6 Å². The zero-order valence-electron chi connectivity index (χ0n) is 31.2. The van der Waals surface area contributed by atoms with E-state index in [-0.39, 0.29) is 37.9 Å². The smallest absolute Gasteiger partial charge is 0.331 e. The summed E-state index contributed by atoms with van der Waals surface area (Å²) in [6.45, 7) is 8.09. The molecule has 7 aliphatic rings. The molecule has 2 aliphatic heterocycles. The van der Waals surface area contributed by atoms with Gasteiger partial charge in [-0.15, -0.1) is 0 Å². The summed E-state index contributed by atoms with van der Waals surface area (Å²) >= 11 is 0. The Labute approximate surface area is 306 Å². The van der Waals surface area contributed by atoms with Crippen molar-refractivity contribution in [2.45, 2.75) is 165 Å². The molecule has 0 spiro atoms. The van der Waals surface area contributed by atoms with Gasteiger partial charge in [-0.2, -0.15) is 0 Å². The predicted octanol–water partition coefficient (Wildman–Crippen LogP) is 1.70. The molecule has 0 bridgehead atoms. The van der Waals surface area contributed by atoms with Crippen molar-refractivity contribution >= 4 is 12.3 Å². The molecule has 6 N–H and O–H groups in total. The van der Waals surface area contributed by atoms with Crippen molar-refractivity contribution in [2.24, 2.45) is 33.5 Å². The van der Waals surface area contributed by atoms with E-state index in [1.807, 2.05) is 6.92 Å². The lowest BCUT2D eigenvalue weighted by atomic mass is 9.31. The van der Waals surface area contributed by atoms with Crippen LogP contribution in [0.4, 0.5) is 0 Å². The first-order valence-electron chi connectivity index (χ1n) is 19.4. The zero-order valence-corrected chi connectivity index (χ0v) is 31.2. The number of carbonyl (C=O) groups is 2. The number of aldehydes is 1. The van der Waals surface area contributed by atoms with E-state index in [0.29, 0.717) is 51.4 Å². The van der Waals surface area contributed by atoms with Gasteiger partial charge in [-0.05, 0) is 81.6 Å². The molecule has 0 aromatic rings. The number of aliphatic hydroxyl groups excluding tert-OH is 4. The van der Waals surface area contributed by atoms with Crippen LogP contribution in [0, 0.1) is 33.5 Å². The molecule has 5 aliphatic carbocycles. The summed E-state index contributed by atoms with van der Waals surface area (Å²) in [6, 6.07) is 0. The molecular weight excluding hydrogens is 676 g/mol. The second kappa shape index (κ2) is 13.3. The lowest BCUT2D eigenvalue weighted by Gasteiger charge is -2.74. The first-order chi connectivity index (χ1) is 24.5. The molecule has 1 saturated heterocycles. The van der Waals surface area contributed by atoms with Gasteiger partial charge in [0.05, 0.1) is 47.1 Å². The molecule has 52 heavy (non-hydrogen) atoms. The lowest BCUT2D eigenvalue weighted by molar-refractivity contribution is -0.332. The van der Waals surface area contributed by atoms with Crippen LogP contribution in [0.2, 0.25) is 0 Å². The van der Waals surface area contributed by atoms with E-state index >= 15 is 0 Å². The number of ether oxygens (including phenoxy) is 5. The van der Waals surface area contributed by atoms with E-state index in [0.717, 1.165) is 18.3 Å². The van der Waals surface area contributed by atoms with E-state index < -0.39 is 93.9 Å². The van der Waals surface area contributed by atoms with Crippen LogP contribution in [0.5, 0.6) is 0 Å². The summed E-state index contributed by atoms with van der Waals surface area (Å²) in [5, 5.41) is 66.6. The SMILES string of the molecule is CO[C@@H]1CC(O[C@H]2CC[C@@]3(C=O)[C@](O)(CC[C@]4(C)[C@]3(C)CC[C@]3(C)[C@@H](C5=CC(=O)OC5)CC[C@@]43O)C2)O[C@H](C)C1O[C@H]1C[C@@H](CO)[C@H](O)[C@@H](O)[C@@H]1O. The van der Waals surface area contributed by atoms with E-state index in [1.165, 1.54) is 0 Å². The first kappa shape index (κ1) is 38.7. The zero-order chi connectivity index (χ0) is 37.6. The van der Waals surface area contributed by atoms with Crippen LogP contribution in [0.1, 0.15) is 98.3 Å². The minimum atomic E-state index is -1.46. The van der Waals surface area contributed by atoms with Gasteiger partial charge in [0.25, 0.3) is 0 Å². The molecule has 5 saturated carbocycles. The molecule has 0 aromatic heterocycles. The van der Waals surface area contributed by atoms with Crippen molar-refractivity contribution < 1.29 is 63.9 Å². The first-order valence-corrected chi connectivity index (χ1v) is 19.4. The van der Waals surface area contributed by atoms with Gasteiger partial charge < -0.3 is 59.1 Å². The fourth-order valence-electron chi connectivity index (χ4n) is 13.0. The number of methoxy groups -OCH3 is 1. The molecule has 0 aromatic carbocycles. The Balaban J connectivity index is 1.06. The van der Waals surface area contributed by atoms with Gasteiger partial charge in [-0.3, -0.25) is 0 Å². The normalized spacial score (nSPS) is 54.8. The number of hydrogen-bond donors (Lipinski definition) is 6. The molecule has 6 fully saturated rings. The minimum absolute atomic E-state index is 0.00550. The summed E-state index contributed by atoms with van der Waals surface area (Å²) in [7, 11) is 1.55. The van der Waals surface area contributed by atoms with Crippen molar-refractivity contribution in [1.29, 1.82) is 0 Å². The number of carbonyl (C=O) groups excluding carboxylic acids is 2. The molecule has 2 unspecified atom stereocenters. The van der Waals surface area contributed by atoms with Gasteiger partial charge in [0.2, 0.25) is 0 Å². The summed E-state index contributed by atoms with van der Waals surface area (Å²) in [5.41, 5.74) is -4.52. The average Bonchev–Trinajstić information content (AvgIpc) is 3.66. The van der Waals surface area contributed by atoms with Crippen LogP contribution >= 0.6 is 0 Å². The van der Waals surface area contributed by atoms with E-state index in [4.69, 9.17) is 23.7 Å². The summed E-state index contributed by atoms with van der Waals surface area (Å²) in [4.78, 5) is 25.6. The molecule has 17 atom stereocenters. The molecule has 0 radical (unpaired) electrons. The average molecular weight is 737 g/mol. The highest BCUT2D eigenvalue weighted by Crippen LogP contribution is 2.79. The number of aliphatic hydroxyl groups is 6. The Morgan fingerprint density at radius 3 is 2.29 bits per heavy atom. The quantitative estimate of drug-likeness (QED) is 0.120. The molecular formula is C39H60O13. The van der Waals surface area contributed by atoms with Crippen LogP contribution in [-0.4, -0.2) is 130 Å². The fraction of sp³-hybridized carbons (Fsp3) is 0.897. The Morgan fingerprint density at radius 1 is 0.904 bits per heavy atom. The van der Waals surface area contributed by atoms with Crippen LogP contribution in [0.3, 0.4) is 0 Å². The number of esters is 1. The van der Waals surface area contributed by atoms with Crippen LogP contribution < -0.4 is 0 Å². The number of hydrogen-bond acceptors (Lipinski definition) is 13. The second-order valence-electron chi connectivity index (χ2n) is 18.1. The van der Waals surface area contributed by atoms with Crippen LogP contribution in [0.25, 0.3) is 0 Å². The maximum absolute atomic E-state index is 13.6. The molecule has 2 heterocycles. The third-order valence-electron chi connectivity index (χ3n) is 16.3. The molecule has 7 rings (SSSR count). The number of cyclic esters (lactones) is 1. The monoisotopic (exact) mass is 736 g/mol.